The quantitative estimate of drug-likeness (QED) is 0.0450. The number of aromatic nitrogens is 20. The Hall–Kier alpha value is -13.4. The predicted octanol–water partition coefficient (Wildman–Crippen LogP) is 11.6. The number of hydrogen-bond acceptors (Lipinski definition) is 30. The van der Waals surface area contributed by atoms with Crippen LogP contribution in [0.1, 0.15) is 111 Å². The summed E-state index contributed by atoms with van der Waals surface area (Å²) in [5.74, 6) is 3.18. The van der Waals surface area contributed by atoms with Crippen molar-refractivity contribution in [3.8, 4) is 47.0 Å². The maximum absolute atomic E-state index is 15.3. The second kappa shape index (κ2) is 30.3. The number of benzene rings is 4. The van der Waals surface area contributed by atoms with Gasteiger partial charge in [0.2, 0.25) is 0 Å². The Morgan fingerprint density at radius 1 is 0.366 bits per heavy atom. The number of rotatable bonds is 14. The molecule has 23 rings (SSSR count). The van der Waals surface area contributed by atoms with Crippen molar-refractivity contribution in [2.75, 3.05) is 62.7 Å². The van der Waals surface area contributed by atoms with E-state index >= 15 is 13.2 Å². The van der Waals surface area contributed by atoms with Gasteiger partial charge in [-0.3, -0.25) is 0 Å². The lowest BCUT2D eigenvalue weighted by Crippen LogP contribution is -2.38. The van der Waals surface area contributed by atoms with Gasteiger partial charge in [0.25, 0.3) is 0 Å². The van der Waals surface area contributed by atoms with Crippen LogP contribution < -0.4 is 40.2 Å². The van der Waals surface area contributed by atoms with Crippen LogP contribution in [0.4, 0.5) is 40.3 Å². The highest BCUT2D eigenvalue weighted by atomic mass is 19.1. The summed E-state index contributed by atoms with van der Waals surface area (Å²) < 4.78 is 83.4. The summed E-state index contributed by atoms with van der Waals surface area (Å²) in [7, 11) is 6.95. The standard InChI is InChI=1S/C23H23FN6O3.C22H21FN6O2.C21H19FN6O2.C19H17FN6O3/c1-9-26-7-11(8-27-9)33-23-29-20-12-5-17(32)16(31)4-10(12)3-13-14(24)6-15(25-2)21-18(13)19(20)22(28-21)30-23;1-9-25-6-11(7-26-9)31-22-28-19-13-3-10(8-30)12(13)4-14-15(23)5-16(24-2)20-17(14)18(19)21(27-20)29-22;1-8-24-5-9(6-25-8)30-21-27-19-15-10(12(15)7-29)3-11-13(22)4-14(23-2)18-16(11)17(19)20(26-18)28-21;1-7-22-5-8(6-23-7)29-19-25-16-14-13-9(3-12(27)17(16)28)10(20)4-11(21-2)15(13)24-18(14)26-19/h6-8,10,12,16-17,25,31-32H,3-5H2,1-2H3,(H,28,29,30);5-7,10,12-13,24,30H,3-4,8H2,1-2H3,(H,27,28,29);4-6,10,12,15,23,29H,3,7H2,1-2H3,(H,26,27,28);4-6,12,17,21,27-28H,3H2,1-2H3,(H,24,25,26)/t10-,12-,16-,17-;10-,12-,13-;10-,12-,15?;12-,17-/m0000/s1. The van der Waals surface area contributed by atoms with Crippen LogP contribution >= 0.6 is 0 Å². The lowest BCUT2D eigenvalue weighted by molar-refractivity contribution is -0.0339. The van der Waals surface area contributed by atoms with Crippen molar-refractivity contribution in [2.24, 2.45) is 29.6 Å². The molecule has 4 aromatic carbocycles. The summed E-state index contributed by atoms with van der Waals surface area (Å²) in [6, 6.07) is 6.31. The number of aliphatic hydroxyl groups is 6. The van der Waals surface area contributed by atoms with Gasteiger partial charge in [-0.25, -0.2) is 57.4 Å². The smallest absolute Gasteiger partial charge is 0.324 e. The van der Waals surface area contributed by atoms with E-state index in [4.69, 9.17) is 33.9 Å². The van der Waals surface area contributed by atoms with Crippen molar-refractivity contribution in [1.29, 1.82) is 0 Å². The van der Waals surface area contributed by atoms with Crippen molar-refractivity contribution >= 4 is 110 Å². The van der Waals surface area contributed by atoms with Gasteiger partial charge in [-0.1, -0.05) is 0 Å². The average Bonchev–Trinajstić information content (AvgIpc) is 1.52. The molecule has 0 aliphatic heterocycles. The Kier molecular flexibility index (Phi) is 19.3. The third-order valence-electron chi connectivity index (χ3n) is 25.0. The molecule has 1 unspecified atom stereocenters. The Morgan fingerprint density at radius 2 is 0.691 bits per heavy atom. The Morgan fingerprint density at radius 3 is 1.07 bits per heavy atom. The first-order valence-corrected chi connectivity index (χ1v) is 40.2. The van der Waals surface area contributed by atoms with E-state index in [1.54, 1.807) is 93.1 Å². The van der Waals surface area contributed by atoms with Gasteiger partial charge >= 0.3 is 24.0 Å². The van der Waals surface area contributed by atoms with Crippen LogP contribution in [0.15, 0.2) is 73.8 Å². The van der Waals surface area contributed by atoms with E-state index in [-0.39, 0.29) is 114 Å². The highest BCUT2D eigenvalue weighted by Crippen LogP contribution is 2.61. The van der Waals surface area contributed by atoms with Gasteiger partial charge in [0.1, 0.15) is 75.3 Å². The van der Waals surface area contributed by atoms with Crippen LogP contribution in [0.5, 0.6) is 47.0 Å². The summed E-state index contributed by atoms with van der Waals surface area (Å²) in [4.78, 5) is 82.8. The highest BCUT2D eigenvalue weighted by Gasteiger charge is 2.55. The normalized spacial score (nSPS) is 21.6. The van der Waals surface area contributed by atoms with E-state index in [9.17, 15) is 35.0 Å². The predicted molar refractivity (Wildman–Crippen MR) is 442 cm³/mol. The molecule has 14 N–H and O–H groups in total. The Labute approximate surface area is 693 Å². The SMILES string of the molecule is CNc1cc(F)c2c3c1[nH]c1nc(Oc4cnc(C)nc4)nc(c13)C1[C@@H](CO)[C@@H]1C2.CNc1cc(F)c2c3c1[nH]c1nc(Oc4cnc(C)nc4)nc(c13)[C@@H](O)[C@@H](O)C2.CNc1cc(F)c2c3c1[nH]c1nc(Oc4cnc(C)nc4)nc(c13)[C@H]1C[C@@H](CO)[C@@H]1C2.CNc1cc(F)c2c3c1[nH]c1nc(Oc4cnc(C)nc4)nc(c13)[C@H]1C[C@H](O)[C@@H](O)C[C@@H]1C2. The second-order valence-corrected chi connectivity index (χ2v) is 32.1. The van der Waals surface area contributed by atoms with E-state index in [0.717, 1.165) is 66.7 Å². The second-order valence-electron chi connectivity index (χ2n) is 32.1. The van der Waals surface area contributed by atoms with Gasteiger partial charge in [0, 0.05) is 109 Å². The number of aliphatic hydroxyl groups excluding tert-OH is 6. The van der Waals surface area contributed by atoms with Crippen LogP contribution in [0.25, 0.3) is 87.7 Å². The third-order valence-corrected chi connectivity index (χ3v) is 25.0. The molecule has 38 heteroatoms. The fraction of sp³-hybridized carbons (Fsp3) is 0.341. The molecule has 7 aliphatic rings. The molecule has 123 heavy (non-hydrogen) atoms. The summed E-state index contributed by atoms with van der Waals surface area (Å²) >= 11 is 0. The zero-order valence-electron chi connectivity index (χ0n) is 67.2. The molecule has 0 spiro atoms. The van der Waals surface area contributed by atoms with Crippen molar-refractivity contribution in [3.05, 3.63) is 165 Å². The zero-order chi connectivity index (χ0) is 85.0. The number of aryl methyl sites for hydroxylation is 4. The molecule has 34 nitrogen and oxygen atoms in total. The Bertz CT molecular complexity index is 6950. The monoisotopic (exact) mass is 1670 g/mol. The molecule has 0 amide bonds. The minimum absolute atomic E-state index is 0.0425. The summed E-state index contributed by atoms with van der Waals surface area (Å²) in [6.07, 6.45) is 11.1. The van der Waals surface area contributed by atoms with Gasteiger partial charge in [-0.05, 0) is 137 Å². The number of fused-ring (bicyclic) bond motifs is 6. The maximum Gasteiger partial charge on any atom is 0.324 e. The number of nitrogens with one attached hydrogen (secondary N) is 8. The molecule has 16 aromatic rings. The van der Waals surface area contributed by atoms with Crippen molar-refractivity contribution < 1.29 is 67.1 Å². The number of nitrogens with zero attached hydrogens (tertiary/aromatic N) is 16. The average molecular weight is 1670 g/mol. The highest BCUT2D eigenvalue weighted by molar-refractivity contribution is 6.17. The van der Waals surface area contributed by atoms with Crippen LogP contribution in [0.2, 0.25) is 0 Å². The van der Waals surface area contributed by atoms with Crippen molar-refractivity contribution in [3.63, 3.8) is 0 Å². The minimum atomic E-state index is -1.33. The van der Waals surface area contributed by atoms with Crippen LogP contribution in [0.3, 0.4) is 0 Å². The molecule has 12 aromatic heterocycles. The molecule has 12 atom stereocenters. The van der Waals surface area contributed by atoms with Crippen molar-refractivity contribution in [2.45, 2.75) is 115 Å². The van der Waals surface area contributed by atoms with Crippen LogP contribution in [0, 0.1) is 80.6 Å². The minimum Gasteiger partial charge on any atom is -0.421 e. The molecule has 628 valence electrons. The lowest BCUT2D eigenvalue weighted by Gasteiger charge is -2.43. The first kappa shape index (κ1) is 78.2. The Balaban J connectivity index is 0.000000104. The van der Waals surface area contributed by atoms with E-state index in [1.807, 2.05) is 0 Å². The van der Waals surface area contributed by atoms with E-state index in [2.05, 4.69) is 106 Å². The maximum atomic E-state index is 15.3. The number of halogens is 4. The molecule has 3 saturated carbocycles. The van der Waals surface area contributed by atoms with E-state index in [0.29, 0.717) is 168 Å². The first-order chi connectivity index (χ1) is 59.5. The topological polar surface area (TPSA) is 476 Å². The third kappa shape index (κ3) is 13.3. The molecular weight excluding hydrogens is 1590 g/mol. The molecule has 7 aliphatic carbocycles. The zero-order valence-corrected chi connectivity index (χ0v) is 67.2. The van der Waals surface area contributed by atoms with Crippen LogP contribution in [-0.2, 0) is 25.7 Å². The molecular formula is C85H80F4N24O10. The number of aromatic amines is 4. The molecule has 0 bridgehead atoms. The number of ether oxygens (including phenoxy) is 4. The van der Waals surface area contributed by atoms with Gasteiger partial charge in [0.05, 0.1) is 141 Å². The molecule has 12 heterocycles. The molecule has 0 saturated heterocycles. The fourth-order valence-corrected chi connectivity index (χ4v) is 19.0. The van der Waals surface area contributed by atoms with Gasteiger partial charge in [-0.2, -0.15) is 39.9 Å². The van der Waals surface area contributed by atoms with E-state index < -0.39 is 30.2 Å². The van der Waals surface area contributed by atoms with Crippen LogP contribution in [-0.4, -0.2) is 190 Å². The summed E-state index contributed by atoms with van der Waals surface area (Å²) in [6.45, 7) is 7.26. The molecule has 0 radical (unpaired) electrons. The number of hydrogen-bond donors (Lipinski definition) is 14. The fourth-order valence-electron chi connectivity index (χ4n) is 19.0. The largest absolute Gasteiger partial charge is 0.421 e. The number of anilines is 4. The first-order valence-electron chi connectivity index (χ1n) is 40.2. The summed E-state index contributed by atoms with van der Waals surface area (Å²) in [5, 5.41) is 79.5. The summed E-state index contributed by atoms with van der Waals surface area (Å²) in [5.41, 5.74) is 12.3. The number of H-pyrrole nitrogens is 4. The van der Waals surface area contributed by atoms with Crippen molar-refractivity contribution in [1.82, 2.24) is 99.7 Å². The van der Waals surface area contributed by atoms with Gasteiger partial charge in [-0.15, -0.1) is 0 Å². The molecule has 3 fully saturated rings. The lowest BCUT2D eigenvalue weighted by atomic mass is 9.62. The van der Waals surface area contributed by atoms with Gasteiger partial charge < -0.3 is 90.8 Å². The van der Waals surface area contributed by atoms with E-state index in [1.165, 1.54) is 36.7 Å². The van der Waals surface area contributed by atoms with Gasteiger partial charge in [0.15, 0.2) is 23.0 Å².